The normalized spacial score (nSPS) is 13.1. The van der Waals surface area contributed by atoms with E-state index in [1.165, 1.54) is 0 Å². The standard InChI is InChI=1S/C16H26N2O3S/c1-12(2)5-4-6-13(3)18-16(19)15-9-7-14(8-10-15)11-22(17,20)21/h7-10,12-13H,4-6,11H2,1-3H3,(H,18,19)(H2,17,20,21)/t13-/m1/s1. The van der Waals surface area contributed by atoms with Gasteiger partial charge in [-0.1, -0.05) is 38.8 Å². The molecule has 1 atom stereocenters. The molecule has 3 N–H and O–H groups in total. The minimum Gasteiger partial charge on any atom is -0.350 e. The van der Waals surface area contributed by atoms with E-state index in [1.807, 2.05) is 6.92 Å². The van der Waals surface area contributed by atoms with Crippen LogP contribution in [0.3, 0.4) is 0 Å². The summed E-state index contributed by atoms with van der Waals surface area (Å²) in [4.78, 5) is 12.1. The van der Waals surface area contributed by atoms with Crippen molar-refractivity contribution >= 4 is 15.9 Å². The highest BCUT2D eigenvalue weighted by atomic mass is 32.2. The molecule has 1 aromatic carbocycles. The quantitative estimate of drug-likeness (QED) is 0.769. The molecule has 0 fully saturated rings. The van der Waals surface area contributed by atoms with Gasteiger partial charge in [0.2, 0.25) is 10.0 Å². The maximum absolute atomic E-state index is 12.1. The smallest absolute Gasteiger partial charge is 0.251 e. The van der Waals surface area contributed by atoms with E-state index in [0.717, 1.165) is 19.3 Å². The van der Waals surface area contributed by atoms with E-state index >= 15 is 0 Å². The number of hydrogen-bond donors (Lipinski definition) is 2. The molecular weight excluding hydrogens is 300 g/mol. The molecule has 22 heavy (non-hydrogen) atoms. The fourth-order valence-electron chi connectivity index (χ4n) is 2.20. The number of amides is 1. The molecule has 0 heterocycles. The Morgan fingerprint density at radius 1 is 1.14 bits per heavy atom. The predicted molar refractivity (Wildman–Crippen MR) is 88.9 cm³/mol. The number of sulfonamides is 1. The van der Waals surface area contributed by atoms with Crippen molar-refractivity contribution in [2.45, 2.75) is 51.8 Å². The average molecular weight is 326 g/mol. The van der Waals surface area contributed by atoms with Crippen molar-refractivity contribution < 1.29 is 13.2 Å². The maximum Gasteiger partial charge on any atom is 0.251 e. The highest BCUT2D eigenvalue weighted by Crippen LogP contribution is 2.10. The fourth-order valence-corrected chi connectivity index (χ4v) is 2.85. The Labute approximate surface area is 133 Å². The minimum atomic E-state index is -3.55. The lowest BCUT2D eigenvalue weighted by molar-refractivity contribution is 0.0938. The molecule has 0 aliphatic carbocycles. The SMILES string of the molecule is CC(C)CCC[C@@H](C)NC(=O)c1ccc(CS(N)(=O)=O)cc1. The van der Waals surface area contributed by atoms with Gasteiger partial charge < -0.3 is 5.32 Å². The van der Waals surface area contributed by atoms with Crippen LogP contribution in [0.2, 0.25) is 0 Å². The number of nitrogens with two attached hydrogens (primary N) is 1. The molecule has 0 saturated heterocycles. The van der Waals surface area contributed by atoms with Crippen LogP contribution < -0.4 is 10.5 Å². The van der Waals surface area contributed by atoms with Crippen molar-refractivity contribution in [1.29, 1.82) is 0 Å². The van der Waals surface area contributed by atoms with Crippen molar-refractivity contribution in [3.8, 4) is 0 Å². The lowest BCUT2D eigenvalue weighted by Crippen LogP contribution is -2.32. The summed E-state index contributed by atoms with van der Waals surface area (Å²) in [6.45, 7) is 6.37. The van der Waals surface area contributed by atoms with Crippen LogP contribution in [-0.2, 0) is 15.8 Å². The molecule has 0 aliphatic heterocycles. The van der Waals surface area contributed by atoms with E-state index in [4.69, 9.17) is 5.14 Å². The molecule has 0 spiro atoms. The largest absolute Gasteiger partial charge is 0.350 e. The topological polar surface area (TPSA) is 89.3 Å². The van der Waals surface area contributed by atoms with E-state index in [9.17, 15) is 13.2 Å². The second-order valence-corrected chi connectivity index (χ2v) is 7.82. The van der Waals surface area contributed by atoms with Crippen molar-refractivity contribution in [3.63, 3.8) is 0 Å². The van der Waals surface area contributed by atoms with Gasteiger partial charge in [0, 0.05) is 11.6 Å². The van der Waals surface area contributed by atoms with E-state index in [1.54, 1.807) is 24.3 Å². The molecule has 1 amide bonds. The summed E-state index contributed by atoms with van der Waals surface area (Å²) in [5.41, 5.74) is 1.10. The minimum absolute atomic E-state index is 0.121. The Morgan fingerprint density at radius 3 is 2.23 bits per heavy atom. The summed E-state index contributed by atoms with van der Waals surface area (Å²) in [7, 11) is -3.55. The summed E-state index contributed by atoms with van der Waals surface area (Å²) in [5, 5.41) is 7.95. The summed E-state index contributed by atoms with van der Waals surface area (Å²) in [6, 6.07) is 6.59. The molecule has 0 radical (unpaired) electrons. The summed E-state index contributed by atoms with van der Waals surface area (Å²) in [6.07, 6.45) is 3.20. The number of primary sulfonamides is 1. The van der Waals surface area contributed by atoms with Crippen molar-refractivity contribution in [2.24, 2.45) is 11.1 Å². The molecule has 0 unspecified atom stereocenters. The van der Waals surface area contributed by atoms with Crippen LogP contribution in [0, 0.1) is 5.92 Å². The molecule has 1 aromatic rings. The highest BCUT2D eigenvalue weighted by molar-refractivity contribution is 7.88. The number of rotatable bonds is 8. The van der Waals surface area contributed by atoms with Crippen molar-refractivity contribution in [2.75, 3.05) is 0 Å². The van der Waals surface area contributed by atoms with Gasteiger partial charge in [0.25, 0.3) is 5.91 Å². The van der Waals surface area contributed by atoms with Crippen molar-refractivity contribution in [3.05, 3.63) is 35.4 Å². The Kier molecular flexibility index (Phi) is 7.03. The molecule has 6 heteroatoms. The number of nitrogens with one attached hydrogen (secondary N) is 1. The third kappa shape index (κ3) is 7.56. The van der Waals surface area contributed by atoms with E-state index in [-0.39, 0.29) is 17.7 Å². The van der Waals surface area contributed by atoms with Crippen LogP contribution in [-0.4, -0.2) is 20.4 Å². The zero-order valence-electron chi connectivity index (χ0n) is 13.5. The van der Waals surface area contributed by atoms with Crippen LogP contribution >= 0.6 is 0 Å². The Bertz CT molecular complexity index is 580. The molecular formula is C16H26N2O3S. The van der Waals surface area contributed by atoms with Gasteiger partial charge in [0.15, 0.2) is 0 Å². The fraction of sp³-hybridized carbons (Fsp3) is 0.562. The van der Waals surface area contributed by atoms with Gasteiger partial charge >= 0.3 is 0 Å². The second-order valence-electron chi connectivity index (χ2n) is 6.20. The number of benzene rings is 1. The lowest BCUT2D eigenvalue weighted by Gasteiger charge is -2.14. The predicted octanol–water partition coefficient (Wildman–Crippen LogP) is 2.42. The van der Waals surface area contributed by atoms with Gasteiger partial charge in [-0.3, -0.25) is 4.79 Å². The zero-order chi connectivity index (χ0) is 16.8. The average Bonchev–Trinajstić information content (AvgIpc) is 2.37. The van der Waals surface area contributed by atoms with Crippen LogP contribution in [0.1, 0.15) is 56.0 Å². The molecule has 0 aromatic heterocycles. The first-order chi connectivity index (χ1) is 10.2. The molecule has 0 saturated carbocycles. The molecule has 124 valence electrons. The number of carbonyl (C=O) groups is 1. The number of carbonyl (C=O) groups excluding carboxylic acids is 1. The van der Waals surface area contributed by atoms with Crippen molar-refractivity contribution in [1.82, 2.24) is 5.32 Å². The zero-order valence-corrected chi connectivity index (χ0v) is 14.3. The van der Waals surface area contributed by atoms with Crippen LogP contribution in [0.5, 0.6) is 0 Å². The Balaban J connectivity index is 2.52. The molecule has 0 bridgehead atoms. The third-order valence-electron chi connectivity index (χ3n) is 3.38. The first-order valence-corrected chi connectivity index (χ1v) is 9.29. The first kappa shape index (κ1) is 18.6. The van der Waals surface area contributed by atoms with Crippen LogP contribution in [0.4, 0.5) is 0 Å². The van der Waals surface area contributed by atoms with Crippen LogP contribution in [0.15, 0.2) is 24.3 Å². The monoisotopic (exact) mass is 326 g/mol. The Hall–Kier alpha value is -1.40. The van der Waals surface area contributed by atoms with Gasteiger partial charge in [-0.2, -0.15) is 0 Å². The summed E-state index contributed by atoms with van der Waals surface area (Å²) in [5.74, 6) is 0.314. The van der Waals surface area contributed by atoms with Gasteiger partial charge in [0.1, 0.15) is 0 Å². The van der Waals surface area contributed by atoms with E-state index in [2.05, 4.69) is 19.2 Å². The third-order valence-corrected chi connectivity index (χ3v) is 4.12. The van der Waals surface area contributed by atoms with Gasteiger partial charge in [-0.15, -0.1) is 0 Å². The first-order valence-electron chi connectivity index (χ1n) is 7.57. The van der Waals surface area contributed by atoms with Crippen LogP contribution in [0.25, 0.3) is 0 Å². The van der Waals surface area contributed by atoms with Gasteiger partial charge in [-0.05, 0) is 37.0 Å². The number of hydrogen-bond acceptors (Lipinski definition) is 3. The molecule has 1 rings (SSSR count). The van der Waals surface area contributed by atoms with Gasteiger partial charge in [0.05, 0.1) is 5.75 Å². The second kappa shape index (κ2) is 8.29. The lowest BCUT2D eigenvalue weighted by atomic mass is 10.0. The van der Waals surface area contributed by atoms with E-state index < -0.39 is 10.0 Å². The van der Waals surface area contributed by atoms with E-state index in [0.29, 0.717) is 17.0 Å². The Morgan fingerprint density at radius 2 is 1.73 bits per heavy atom. The molecule has 5 nitrogen and oxygen atoms in total. The highest BCUT2D eigenvalue weighted by Gasteiger charge is 2.11. The summed E-state index contributed by atoms with van der Waals surface area (Å²) >= 11 is 0. The molecule has 0 aliphatic rings. The summed E-state index contributed by atoms with van der Waals surface area (Å²) < 4.78 is 22.0. The van der Waals surface area contributed by atoms with Gasteiger partial charge in [-0.25, -0.2) is 13.6 Å². The maximum atomic E-state index is 12.1.